The van der Waals surface area contributed by atoms with Gasteiger partial charge in [-0.25, -0.2) is 9.97 Å². The second-order valence-corrected chi connectivity index (χ2v) is 4.25. The molecule has 1 aromatic carbocycles. The van der Waals surface area contributed by atoms with Gasteiger partial charge in [-0.1, -0.05) is 41.9 Å². The van der Waals surface area contributed by atoms with Crippen molar-refractivity contribution < 1.29 is 0 Å². The summed E-state index contributed by atoms with van der Waals surface area (Å²) in [7, 11) is 0. The van der Waals surface area contributed by atoms with E-state index in [1.54, 1.807) is 6.92 Å². The summed E-state index contributed by atoms with van der Waals surface area (Å²) < 4.78 is 1.52. The van der Waals surface area contributed by atoms with Gasteiger partial charge in [-0.05, 0) is 6.92 Å². The highest BCUT2D eigenvalue weighted by atomic mass is 35.5. The molecule has 5 nitrogen and oxygen atoms in total. The Hall–Kier alpha value is -2.14. The fourth-order valence-corrected chi connectivity index (χ4v) is 1.98. The highest BCUT2D eigenvalue weighted by Crippen LogP contribution is 2.26. The Balaban J connectivity index is 2.39. The number of nitrogens with zero attached hydrogens (tertiary/aromatic N) is 4. The Bertz CT molecular complexity index is 720. The van der Waals surface area contributed by atoms with Crippen molar-refractivity contribution in [2.75, 3.05) is 5.73 Å². The number of benzene rings is 1. The molecule has 0 aliphatic carbocycles. The standard InChI is InChI=1S/C12H10ClN5/c1-7-15-12-9(8-5-3-2-4-6-8)16-11(14)10(13)18(12)17-7/h2-6H,14H2,1H3. The van der Waals surface area contributed by atoms with Gasteiger partial charge in [-0.2, -0.15) is 4.52 Å². The molecular formula is C12H10ClN5. The Morgan fingerprint density at radius 2 is 1.89 bits per heavy atom. The van der Waals surface area contributed by atoms with E-state index in [1.807, 2.05) is 30.3 Å². The molecule has 0 bridgehead atoms. The molecule has 0 saturated carbocycles. The number of rotatable bonds is 1. The fourth-order valence-electron chi connectivity index (χ4n) is 1.82. The lowest BCUT2D eigenvalue weighted by molar-refractivity contribution is 0.925. The summed E-state index contributed by atoms with van der Waals surface area (Å²) in [5, 5.41) is 4.50. The van der Waals surface area contributed by atoms with Crippen molar-refractivity contribution in [2.24, 2.45) is 0 Å². The van der Waals surface area contributed by atoms with Crippen LogP contribution in [0.1, 0.15) is 5.82 Å². The number of nitrogen functional groups attached to an aromatic ring is 1. The van der Waals surface area contributed by atoms with Crippen LogP contribution in [0, 0.1) is 6.92 Å². The number of hydrogen-bond donors (Lipinski definition) is 1. The van der Waals surface area contributed by atoms with Gasteiger partial charge in [0.05, 0.1) is 0 Å². The third-order valence-electron chi connectivity index (χ3n) is 2.60. The van der Waals surface area contributed by atoms with E-state index >= 15 is 0 Å². The average Bonchev–Trinajstić information content (AvgIpc) is 2.77. The molecule has 3 aromatic rings. The smallest absolute Gasteiger partial charge is 0.183 e. The molecule has 3 rings (SSSR count). The van der Waals surface area contributed by atoms with E-state index in [2.05, 4.69) is 15.1 Å². The number of fused-ring (bicyclic) bond motifs is 1. The Labute approximate surface area is 108 Å². The molecule has 18 heavy (non-hydrogen) atoms. The molecule has 2 N–H and O–H groups in total. The topological polar surface area (TPSA) is 69.1 Å². The summed E-state index contributed by atoms with van der Waals surface area (Å²) in [6.45, 7) is 1.80. The average molecular weight is 260 g/mol. The molecule has 6 heteroatoms. The van der Waals surface area contributed by atoms with Crippen molar-refractivity contribution in [3.05, 3.63) is 41.3 Å². The molecule has 2 heterocycles. The number of hydrogen-bond acceptors (Lipinski definition) is 4. The van der Waals surface area contributed by atoms with Gasteiger partial charge in [0, 0.05) is 5.56 Å². The van der Waals surface area contributed by atoms with Crippen LogP contribution < -0.4 is 5.73 Å². The molecule has 0 atom stereocenters. The Morgan fingerprint density at radius 3 is 2.61 bits per heavy atom. The van der Waals surface area contributed by atoms with Crippen LogP contribution in [0.4, 0.5) is 5.82 Å². The van der Waals surface area contributed by atoms with Crippen LogP contribution in [0.25, 0.3) is 16.9 Å². The SMILES string of the molecule is Cc1nc2c(-c3ccccc3)nc(N)c(Cl)n2n1. The van der Waals surface area contributed by atoms with Crippen molar-refractivity contribution in [1.29, 1.82) is 0 Å². The van der Waals surface area contributed by atoms with Gasteiger partial charge < -0.3 is 5.73 Å². The maximum atomic E-state index is 6.07. The normalized spacial score (nSPS) is 11.0. The molecule has 0 amide bonds. The monoisotopic (exact) mass is 259 g/mol. The number of nitrogens with two attached hydrogens (primary N) is 1. The van der Waals surface area contributed by atoms with Gasteiger partial charge >= 0.3 is 0 Å². The molecule has 0 aliphatic rings. The van der Waals surface area contributed by atoms with Crippen molar-refractivity contribution >= 4 is 23.1 Å². The highest BCUT2D eigenvalue weighted by Gasteiger charge is 2.15. The van der Waals surface area contributed by atoms with E-state index in [0.717, 1.165) is 5.56 Å². The first kappa shape index (κ1) is 11.0. The van der Waals surface area contributed by atoms with E-state index in [4.69, 9.17) is 17.3 Å². The first-order chi connectivity index (χ1) is 8.66. The summed E-state index contributed by atoms with van der Waals surface area (Å²) in [5.74, 6) is 0.870. The van der Waals surface area contributed by atoms with Gasteiger partial charge in [-0.15, -0.1) is 5.10 Å². The molecule has 0 saturated heterocycles. The van der Waals surface area contributed by atoms with Crippen LogP contribution in [0.2, 0.25) is 5.15 Å². The van der Waals surface area contributed by atoms with Crippen molar-refractivity contribution in [1.82, 2.24) is 19.6 Å². The minimum absolute atomic E-state index is 0.243. The number of aryl methyl sites for hydroxylation is 1. The molecule has 0 spiro atoms. The summed E-state index contributed by atoms with van der Waals surface area (Å²) in [4.78, 5) is 8.65. The molecule has 0 unspecified atom stereocenters. The van der Waals surface area contributed by atoms with E-state index in [9.17, 15) is 0 Å². The second kappa shape index (κ2) is 3.96. The largest absolute Gasteiger partial charge is 0.381 e. The summed E-state index contributed by atoms with van der Waals surface area (Å²) in [6, 6.07) is 9.69. The van der Waals surface area contributed by atoms with Crippen LogP contribution in [0.15, 0.2) is 30.3 Å². The van der Waals surface area contributed by atoms with Gasteiger partial charge in [0.15, 0.2) is 16.6 Å². The fraction of sp³-hybridized carbons (Fsp3) is 0.0833. The zero-order valence-electron chi connectivity index (χ0n) is 9.63. The lowest BCUT2D eigenvalue weighted by Gasteiger charge is -2.05. The second-order valence-electron chi connectivity index (χ2n) is 3.90. The van der Waals surface area contributed by atoms with Gasteiger partial charge in [0.2, 0.25) is 0 Å². The van der Waals surface area contributed by atoms with Crippen LogP contribution in [0.3, 0.4) is 0 Å². The van der Waals surface area contributed by atoms with Crippen LogP contribution in [-0.2, 0) is 0 Å². The highest BCUT2D eigenvalue weighted by molar-refractivity contribution is 6.32. The van der Waals surface area contributed by atoms with E-state index in [-0.39, 0.29) is 11.0 Å². The summed E-state index contributed by atoms with van der Waals surface area (Å²) in [5.41, 5.74) is 8.02. The maximum Gasteiger partial charge on any atom is 0.183 e. The Morgan fingerprint density at radius 1 is 1.17 bits per heavy atom. The minimum atomic E-state index is 0.243. The first-order valence-electron chi connectivity index (χ1n) is 5.40. The predicted octanol–water partition coefficient (Wildman–Crippen LogP) is 2.34. The van der Waals surface area contributed by atoms with Crippen molar-refractivity contribution in [3.63, 3.8) is 0 Å². The first-order valence-corrected chi connectivity index (χ1v) is 5.78. The predicted molar refractivity (Wildman–Crippen MR) is 70.4 cm³/mol. The zero-order chi connectivity index (χ0) is 12.7. The molecular weight excluding hydrogens is 250 g/mol. The number of halogens is 1. The van der Waals surface area contributed by atoms with Crippen LogP contribution in [0.5, 0.6) is 0 Å². The Kier molecular flexibility index (Phi) is 2.41. The number of anilines is 1. The third kappa shape index (κ3) is 1.60. The molecule has 2 aromatic heterocycles. The van der Waals surface area contributed by atoms with Gasteiger partial charge in [0.1, 0.15) is 11.5 Å². The minimum Gasteiger partial charge on any atom is -0.381 e. The summed E-state index contributed by atoms with van der Waals surface area (Å²) in [6.07, 6.45) is 0. The van der Waals surface area contributed by atoms with Gasteiger partial charge in [0.25, 0.3) is 0 Å². The van der Waals surface area contributed by atoms with Crippen LogP contribution in [-0.4, -0.2) is 19.6 Å². The third-order valence-corrected chi connectivity index (χ3v) is 2.96. The van der Waals surface area contributed by atoms with E-state index in [1.165, 1.54) is 4.52 Å². The van der Waals surface area contributed by atoms with Crippen LogP contribution >= 0.6 is 11.6 Å². The zero-order valence-corrected chi connectivity index (χ0v) is 10.4. The van der Waals surface area contributed by atoms with E-state index in [0.29, 0.717) is 17.2 Å². The maximum absolute atomic E-state index is 6.07. The van der Waals surface area contributed by atoms with Crippen molar-refractivity contribution in [2.45, 2.75) is 6.92 Å². The quantitative estimate of drug-likeness (QED) is 0.728. The lowest BCUT2D eigenvalue weighted by Crippen LogP contribution is -2.02. The number of aromatic nitrogens is 4. The molecule has 90 valence electrons. The lowest BCUT2D eigenvalue weighted by atomic mass is 10.1. The molecule has 0 radical (unpaired) electrons. The van der Waals surface area contributed by atoms with Crippen molar-refractivity contribution in [3.8, 4) is 11.3 Å². The molecule has 0 fully saturated rings. The summed E-state index contributed by atoms with van der Waals surface area (Å²) >= 11 is 6.07. The van der Waals surface area contributed by atoms with E-state index < -0.39 is 0 Å². The molecule has 0 aliphatic heterocycles. The van der Waals surface area contributed by atoms with Gasteiger partial charge in [-0.3, -0.25) is 0 Å².